The lowest BCUT2D eigenvalue weighted by Gasteiger charge is -2.00. The van der Waals surface area contributed by atoms with E-state index in [1.807, 2.05) is 61.5 Å². The summed E-state index contributed by atoms with van der Waals surface area (Å²) >= 11 is 1.48. The summed E-state index contributed by atoms with van der Waals surface area (Å²) in [7, 11) is 0. The van der Waals surface area contributed by atoms with Crippen molar-refractivity contribution in [3.8, 4) is 11.4 Å². The third kappa shape index (κ3) is 3.28. The molecule has 6 heteroatoms. The Balaban J connectivity index is 1.41. The number of carbonyl (C=O) groups is 1. The Labute approximate surface area is 154 Å². The van der Waals surface area contributed by atoms with Gasteiger partial charge in [0.05, 0.1) is 11.5 Å². The maximum absolute atomic E-state index is 12.7. The average Bonchev–Trinajstić information content (AvgIpc) is 3.26. The van der Waals surface area contributed by atoms with Crippen LogP contribution in [0.2, 0.25) is 0 Å². The largest absolute Gasteiger partial charge is 0.358 e. The van der Waals surface area contributed by atoms with E-state index in [9.17, 15) is 4.79 Å². The van der Waals surface area contributed by atoms with E-state index < -0.39 is 0 Å². The number of fused-ring (bicyclic) bond motifs is 1. The molecule has 4 aromatic rings. The van der Waals surface area contributed by atoms with Crippen molar-refractivity contribution in [2.45, 2.75) is 12.7 Å². The van der Waals surface area contributed by atoms with Gasteiger partial charge in [0.15, 0.2) is 5.78 Å². The zero-order valence-corrected chi connectivity index (χ0v) is 15.0. The number of hydrogen-bond donors (Lipinski definition) is 1. The minimum Gasteiger partial charge on any atom is -0.358 e. The number of ketones is 1. The third-order valence-corrected chi connectivity index (χ3v) is 5.05. The molecule has 5 nitrogen and oxygen atoms in total. The van der Waals surface area contributed by atoms with E-state index in [0.717, 1.165) is 27.7 Å². The lowest BCUT2D eigenvalue weighted by Crippen LogP contribution is -2.04. The zero-order chi connectivity index (χ0) is 17.9. The predicted octanol–water partition coefficient (Wildman–Crippen LogP) is 4.64. The maximum Gasteiger partial charge on any atom is 0.236 e. The Morgan fingerprint density at radius 2 is 1.88 bits per heavy atom. The van der Waals surface area contributed by atoms with E-state index in [0.29, 0.717) is 23.2 Å². The summed E-state index contributed by atoms with van der Waals surface area (Å²) in [4.78, 5) is 20.3. The maximum atomic E-state index is 12.7. The molecule has 1 N–H and O–H groups in total. The summed E-state index contributed by atoms with van der Waals surface area (Å²) in [5, 5.41) is 4.97. The summed E-state index contributed by atoms with van der Waals surface area (Å²) in [6.07, 6.45) is 0. The van der Waals surface area contributed by atoms with Crippen molar-refractivity contribution < 1.29 is 9.32 Å². The Morgan fingerprint density at radius 3 is 2.73 bits per heavy atom. The van der Waals surface area contributed by atoms with Gasteiger partial charge >= 0.3 is 0 Å². The number of Topliss-reactive ketones (excluding diaryl/α,β-unsaturated/α-hetero) is 1. The first-order valence-corrected chi connectivity index (χ1v) is 9.44. The number of rotatable bonds is 6. The lowest BCUT2D eigenvalue weighted by molar-refractivity contribution is 0.102. The fourth-order valence-electron chi connectivity index (χ4n) is 2.96. The van der Waals surface area contributed by atoms with Crippen molar-refractivity contribution in [1.29, 1.82) is 0 Å². The van der Waals surface area contributed by atoms with Crippen LogP contribution >= 0.6 is 11.8 Å². The van der Waals surface area contributed by atoms with Crippen LogP contribution in [0.5, 0.6) is 0 Å². The molecule has 4 rings (SSSR count). The number of nitrogens with one attached hydrogen (secondary N) is 1. The van der Waals surface area contributed by atoms with Gasteiger partial charge in [-0.25, -0.2) is 0 Å². The molecule has 2 aromatic carbocycles. The van der Waals surface area contributed by atoms with E-state index in [1.54, 1.807) is 0 Å². The van der Waals surface area contributed by atoms with E-state index in [1.165, 1.54) is 11.8 Å². The van der Waals surface area contributed by atoms with Crippen LogP contribution in [0.1, 0.15) is 21.9 Å². The van der Waals surface area contributed by atoms with Crippen molar-refractivity contribution in [2.75, 3.05) is 5.75 Å². The normalized spacial score (nSPS) is 11.1. The van der Waals surface area contributed by atoms with E-state index in [-0.39, 0.29) is 5.78 Å². The quantitative estimate of drug-likeness (QED) is 0.505. The molecular formula is C20H17N3O2S. The van der Waals surface area contributed by atoms with Crippen LogP contribution in [0.25, 0.3) is 22.3 Å². The standard InChI is InChI=1S/C20H17N3O2S/c1-13-19(15-9-5-6-10-16(15)21-13)17(24)11-26-12-18-22-20(23-25-18)14-7-3-2-4-8-14/h2-10,21H,11-12H2,1H3. The topological polar surface area (TPSA) is 71.8 Å². The molecule has 2 heterocycles. The lowest BCUT2D eigenvalue weighted by atomic mass is 10.1. The molecule has 0 radical (unpaired) electrons. The van der Waals surface area contributed by atoms with Crippen molar-refractivity contribution in [3.63, 3.8) is 0 Å². The second kappa shape index (κ2) is 7.17. The zero-order valence-electron chi connectivity index (χ0n) is 14.2. The van der Waals surface area contributed by atoms with Crippen molar-refractivity contribution in [2.24, 2.45) is 0 Å². The number of benzene rings is 2. The SMILES string of the molecule is Cc1[nH]c2ccccc2c1C(=O)CSCc1nc(-c2ccccc2)no1. The van der Waals surface area contributed by atoms with Crippen LogP contribution in [0, 0.1) is 6.92 Å². The van der Waals surface area contributed by atoms with Gasteiger partial charge in [0, 0.05) is 27.7 Å². The molecule has 26 heavy (non-hydrogen) atoms. The van der Waals surface area contributed by atoms with Crippen molar-refractivity contribution in [1.82, 2.24) is 15.1 Å². The first-order valence-electron chi connectivity index (χ1n) is 8.28. The summed E-state index contributed by atoms with van der Waals surface area (Å²) < 4.78 is 5.29. The fourth-order valence-corrected chi connectivity index (χ4v) is 3.68. The van der Waals surface area contributed by atoms with E-state index >= 15 is 0 Å². The van der Waals surface area contributed by atoms with E-state index in [4.69, 9.17) is 4.52 Å². The number of aryl methyl sites for hydroxylation is 1. The number of para-hydroxylation sites is 1. The molecule has 0 fully saturated rings. The van der Waals surface area contributed by atoms with Crippen LogP contribution < -0.4 is 0 Å². The first-order chi connectivity index (χ1) is 12.7. The number of hydrogen-bond acceptors (Lipinski definition) is 5. The summed E-state index contributed by atoms with van der Waals surface area (Å²) in [5.41, 5.74) is 3.57. The fraction of sp³-hybridized carbons (Fsp3) is 0.150. The molecule has 0 saturated heterocycles. The smallest absolute Gasteiger partial charge is 0.236 e. The Bertz CT molecular complexity index is 1050. The Kier molecular flexibility index (Phi) is 4.58. The molecule has 0 amide bonds. The van der Waals surface area contributed by atoms with Gasteiger partial charge < -0.3 is 9.51 Å². The van der Waals surface area contributed by atoms with Gasteiger partial charge in [-0.2, -0.15) is 4.98 Å². The molecule has 0 bridgehead atoms. The van der Waals surface area contributed by atoms with E-state index in [2.05, 4.69) is 15.1 Å². The number of nitrogens with zero attached hydrogens (tertiary/aromatic N) is 2. The molecule has 0 aliphatic heterocycles. The Morgan fingerprint density at radius 1 is 1.12 bits per heavy atom. The van der Waals surface area contributed by atoms with Gasteiger partial charge in [-0.1, -0.05) is 53.7 Å². The molecule has 2 aromatic heterocycles. The number of carbonyl (C=O) groups excluding carboxylic acids is 1. The van der Waals surface area contributed by atoms with Crippen molar-refractivity contribution in [3.05, 3.63) is 71.7 Å². The predicted molar refractivity (Wildman–Crippen MR) is 103 cm³/mol. The van der Waals surface area contributed by atoms with Crippen LogP contribution in [0.15, 0.2) is 59.1 Å². The van der Waals surface area contributed by atoms with Crippen LogP contribution in [-0.2, 0) is 5.75 Å². The van der Waals surface area contributed by atoms with Gasteiger partial charge in [0.2, 0.25) is 11.7 Å². The Hall–Kier alpha value is -2.86. The van der Waals surface area contributed by atoms with Crippen LogP contribution in [0.3, 0.4) is 0 Å². The third-order valence-electron chi connectivity index (χ3n) is 4.13. The molecule has 0 saturated carbocycles. The van der Waals surface area contributed by atoms with Crippen LogP contribution in [0.4, 0.5) is 0 Å². The molecule has 0 atom stereocenters. The minimum atomic E-state index is 0.104. The molecule has 0 unspecified atom stereocenters. The average molecular weight is 363 g/mol. The molecule has 0 aliphatic carbocycles. The highest BCUT2D eigenvalue weighted by Gasteiger charge is 2.16. The molecular weight excluding hydrogens is 346 g/mol. The highest BCUT2D eigenvalue weighted by atomic mass is 32.2. The number of aromatic amines is 1. The highest BCUT2D eigenvalue weighted by Crippen LogP contribution is 2.24. The van der Waals surface area contributed by atoms with Gasteiger partial charge in [0.25, 0.3) is 0 Å². The second-order valence-corrected chi connectivity index (χ2v) is 6.95. The van der Waals surface area contributed by atoms with Gasteiger partial charge in [-0.15, -0.1) is 11.8 Å². The molecule has 0 spiro atoms. The summed E-state index contributed by atoms with van der Waals surface area (Å²) in [6.45, 7) is 1.93. The molecule has 0 aliphatic rings. The number of thioether (sulfide) groups is 1. The van der Waals surface area contributed by atoms with Crippen LogP contribution in [-0.4, -0.2) is 26.7 Å². The van der Waals surface area contributed by atoms with Gasteiger partial charge in [-0.05, 0) is 13.0 Å². The monoisotopic (exact) mass is 363 g/mol. The molecule has 130 valence electrons. The van der Waals surface area contributed by atoms with Gasteiger partial charge in [-0.3, -0.25) is 4.79 Å². The van der Waals surface area contributed by atoms with Crippen molar-refractivity contribution >= 4 is 28.4 Å². The second-order valence-electron chi connectivity index (χ2n) is 5.96. The minimum absolute atomic E-state index is 0.104. The van der Waals surface area contributed by atoms with Gasteiger partial charge in [0.1, 0.15) is 0 Å². The summed E-state index contributed by atoms with van der Waals surface area (Å²) in [6, 6.07) is 17.5. The number of aromatic nitrogens is 3. The first kappa shape index (κ1) is 16.6. The summed E-state index contributed by atoms with van der Waals surface area (Å²) in [5.74, 6) is 2.07. The number of H-pyrrole nitrogens is 1. The highest BCUT2D eigenvalue weighted by molar-refractivity contribution is 7.99.